The van der Waals surface area contributed by atoms with Gasteiger partial charge in [-0.15, -0.1) is 0 Å². The van der Waals surface area contributed by atoms with Gasteiger partial charge in [0.05, 0.1) is 5.56 Å². The first-order chi connectivity index (χ1) is 8.90. The van der Waals surface area contributed by atoms with Crippen LogP contribution >= 0.6 is 27.5 Å². The highest BCUT2D eigenvalue weighted by molar-refractivity contribution is 9.10. The Labute approximate surface area is 126 Å². The molecule has 0 aliphatic carbocycles. The summed E-state index contributed by atoms with van der Waals surface area (Å²) >= 11 is 9.12. The Morgan fingerprint density at radius 2 is 2.05 bits per heavy atom. The number of amides is 2. The third kappa shape index (κ3) is 5.61. The minimum Gasteiger partial charge on any atom is -0.354 e. The minimum absolute atomic E-state index is 0.0829. The predicted molar refractivity (Wildman–Crippen MR) is 79.4 cm³/mol. The molecule has 2 N–H and O–H groups in total. The van der Waals surface area contributed by atoms with Crippen molar-refractivity contribution in [3.63, 3.8) is 0 Å². The zero-order valence-corrected chi connectivity index (χ0v) is 13.1. The van der Waals surface area contributed by atoms with E-state index in [-0.39, 0.29) is 30.8 Å². The average molecular weight is 348 g/mol. The molecule has 0 aliphatic rings. The molecule has 4 nitrogen and oxygen atoms in total. The zero-order chi connectivity index (χ0) is 14.4. The molecule has 1 rings (SSSR count). The molecule has 0 saturated heterocycles. The second-order valence-electron chi connectivity index (χ2n) is 4.35. The highest BCUT2D eigenvalue weighted by Crippen LogP contribution is 2.20. The topological polar surface area (TPSA) is 58.2 Å². The van der Waals surface area contributed by atoms with E-state index in [1.165, 1.54) is 0 Å². The lowest BCUT2D eigenvalue weighted by Crippen LogP contribution is -2.34. The lowest BCUT2D eigenvalue weighted by molar-refractivity contribution is -0.121. The number of hydrogen-bond acceptors (Lipinski definition) is 2. The average Bonchev–Trinajstić information content (AvgIpc) is 2.31. The van der Waals surface area contributed by atoms with Gasteiger partial charge in [0.25, 0.3) is 5.91 Å². The van der Waals surface area contributed by atoms with Crippen molar-refractivity contribution >= 4 is 39.3 Å². The summed E-state index contributed by atoms with van der Waals surface area (Å²) in [6, 6.07) is 5.08. The fourth-order valence-corrected chi connectivity index (χ4v) is 2.05. The molecule has 0 atom stereocenters. The van der Waals surface area contributed by atoms with Gasteiger partial charge < -0.3 is 10.6 Å². The van der Waals surface area contributed by atoms with Gasteiger partial charge in [0.1, 0.15) is 0 Å². The van der Waals surface area contributed by atoms with Gasteiger partial charge in [-0.1, -0.05) is 11.6 Å². The van der Waals surface area contributed by atoms with Crippen molar-refractivity contribution in [3.8, 4) is 0 Å². The maximum atomic E-state index is 11.9. The van der Waals surface area contributed by atoms with Crippen molar-refractivity contribution < 1.29 is 9.59 Å². The molecule has 0 bridgehead atoms. The molecule has 0 heterocycles. The van der Waals surface area contributed by atoms with E-state index in [9.17, 15) is 9.59 Å². The number of carbonyl (C=O) groups excluding carboxylic acids is 2. The van der Waals surface area contributed by atoms with E-state index < -0.39 is 0 Å². The highest BCUT2D eigenvalue weighted by Gasteiger charge is 2.11. The molecule has 0 aliphatic heterocycles. The van der Waals surface area contributed by atoms with E-state index in [0.717, 1.165) is 0 Å². The van der Waals surface area contributed by atoms with Crippen LogP contribution in [0.3, 0.4) is 0 Å². The van der Waals surface area contributed by atoms with Crippen LogP contribution in [0.4, 0.5) is 0 Å². The largest absolute Gasteiger partial charge is 0.354 e. The molecule has 104 valence electrons. The van der Waals surface area contributed by atoms with Gasteiger partial charge >= 0.3 is 0 Å². The van der Waals surface area contributed by atoms with Crippen LogP contribution in [-0.2, 0) is 4.79 Å². The lowest BCUT2D eigenvalue weighted by atomic mass is 10.2. The molecular formula is C13H16BrClN2O2. The smallest absolute Gasteiger partial charge is 0.252 e. The molecule has 2 amide bonds. The zero-order valence-electron chi connectivity index (χ0n) is 10.8. The Morgan fingerprint density at radius 3 is 2.68 bits per heavy atom. The molecule has 6 heteroatoms. The maximum absolute atomic E-state index is 11.9. The van der Waals surface area contributed by atoms with Gasteiger partial charge in [-0.3, -0.25) is 9.59 Å². The third-order valence-corrected chi connectivity index (χ3v) is 3.19. The van der Waals surface area contributed by atoms with Crippen molar-refractivity contribution in [3.05, 3.63) is 33.3 Å². The molecule has 0 radical (unpaired) electrons. The first kappa shape index (κ1) is 16.0. The van der Waals surface area contributed by atoms with Crippen LogP contribution in [0.25, 0.3) is 0 Å². The summed E-state index contributed by atoms with van der Waals surface area (Å²) in [4.78, 5) is 23.3. The van der Waals surface area contributed by atoms with Crippen molar-refractivity contribution in [1.29, 1.82) is 0 Å². The lowest BCUT2D eigenvalue weighted by Gasteiger charge is -2.09. The summed E-state index contributed by atoms with van der Waals surface area (Å²) in [5.74, 6) is -0.341. The molecular weight excluding hydrogens is 332 g/mol. The van der Waals surface area contributed by atoms with Gasteiger partial charge in [0.2, 0.25) is 5.91 Å². The van der Waals surface area contributed by atoms with Gasteiger partial charge in [-0.25, -0.2) is 0 Å². The summed E-state index contributed by atoms with van der Waals surface area (Å²) in [5, 5.41) is 5.93. The SMILES string of the molecule is CC(C)NC(=O)CCNC(=O)c1cc(Cl)ccc1Br. The summed E-state index contributed by atoms with van der Waals surface area (Å²) in [6.07, 6.45) is 0.252. The Bertz CT molecular complexity index is 478. The van der Waals surface area contributed by atoms with E-state index in [1.54, 1.807) is 18.2 Å². The monoisotopic (exact) mass is 346 g/mol. The number of halogens is 2. The van der Waals surface area contributed by atoms with Crippen LogP contribution in [0.1, 0.15) is 30.6 Å². The summed E-state index contributed by atoms with van der Waals surface area (Å²) in [7, 11) is 0. The standard InChI is InChI=1S/C13H16BrClN2O2/c1-8(2)17-12(18)5-6-16-13(19)10-7-9(15)3-4-11(10)14/h3-4,7-8H,5-6H2,1-2H3,(H,16,19)(H,17,18). The van der Waals surface area contributed by atoms with Gasteiger partial charge in [-0.05, 0) is 48.0 Å². The fraction of sp³-hybridized carbons (Fsp3) is 0.385. The van der Waals surface area contributed by atoms with Crippen LogP contribution in [0.15, 0.2) is 22.7 Å². The normalized spacial score (nSPS) is 10.4. The molecule has 0 spiro atoms. The minimum atomic E-state index is -0.258. The summed E-state index contributed by atoms with van der Waals surface area (Å²) < 4.78 is 0.668. The number of nitrogens with one attached hydrogen (secondary N) is 2. The Hall–Kier alpha value is -1.07. The second-order valence-corrected chi connectivity index (χ2v) is 5.64. The Balaban J connectivity index is 2.48. The first-order valence-corrected chi connectivity index (χ1v) is 7.10. The summed E-state index contributed by atoms with van der Waals surface area (Å²) in [5.41, 5.74) is 0.455. The quantitative estimate of drug-likeness (QED) is 0.860. The van der Waals surface area contributed by atoms with Crippen LogP contribution in [0, 0.1) is 0 Å². The van der Waals surface area contributed by atoms with Crippen molar-refractivity contribution in [2.45, 2.75) is 26.3 Å². The molecule has 19 heavy (non-hydrogen) atoms. The number of benzene rings is 1. The predicted octanol–water partition coefficient (Wildman–Crippen LogP) is 2.75. The maximum Gasteiger partial charge on any atom is 0.252 e. The van der Waals surface area contributed by atoms with Gasteiger partial charge in [0, 0.05) is 28.5 Å². The number of rotatable bonds is 5. The third-order valence-electron chi connectivity index (χ3n) is 2.26. The van der Waals surface area contributed by atoms with Gasteiger partial charge in [0.15, 0.2) is 0 Å². The Morgan fingerprint density at radius 1 is 1.37 bits per heavy atom. The van der Waals surface area contributed by atoms with Crippen molar-refractivity contribution in [2.75, 3.05) is 6.54 Å². The van der Waals surface area contributed by atoms with Crippen molar-refractivity contribution in [2.24, 2.45) is 0 Å². The van der Waals surface area contributed by atoms with E-state index in [4.69, 9.17) is 11.6 Å². The molecule has 1 aromatic carbocycles. The van der Waals surface area contributed by atoms with E-state index in [0.29, 0.717) is 15.1 Å². The van der Waals surface area contributed by atoms with Crippen LogP contribution in [0.5, 0.6) is 0 Å². The number of carbonyl (C=O) groups is 2. The highest BCUT2D eigenvalue weighted by atomic mass is 79.9. The molecule has 0 aromatic heterocycles. The molecule has 0 unspecified atom stereocenters. The summed E-state index contributed by atoms with van der Waals surface area (Å²) in [6.45, 7) is 4.06. The molecule has 0 fully saturated rings. The van der Waals surface area contributed by atoms with Crippen LogP contribution in [-0.4, -0.2) is 24.4 Å². The van der Waals surface area contributed by atoms with Gasteiger partial charge in [-0.2, -0.15) is 0 Å². The number of hydrogen-bond donors (Lipinski definition) is 2. The second kappa shape index (κ2) is 7.50. The van der Waals surface area contributed by atoms with E-state index >= 15 is 0 Å². The Kier molecular flexibility index (Phi) is 6.31. The van der Waals surface area contributed by atoms with Crippen LogP contribution in [0.2, 0.25) is 5.02 Å². The van der Waals surface area contributed by atoms with Crippen LogP contribution < -0.4 is 10.6 Å². The molecule has 0 saturated carbocycles. The fourth-order valence-electron chi connectivity index (χ4n) is 1.45. The first-order valence-electron chi connectivity index (χ1n) is 5.92. The van der Waals surface area contributed by atoms with Crippen molar-refractivity contribution in [1.82, 2.24) is 10.6 Å². The molecule has 1 aromatic rings. The van der Waals surface area contributed by atoms with E-state index in [1.807, 2.05) is 13.8 Å². The van der Waals surface area contributed by atoms with E-state index in [2.05, 4.69) is 26.6 Å².